The van der Waals surface area contributed by atoms with Gasteiger partial charge in [-0.3, -0.25) is 0 Å². The summed E-state index contributed by atoms with van der Waals surface area (Å²) in [6.45, 7) is 7.64. The van der Waals surface area contributed by atoms with E-state index in [2.05, 4.69) is 20.8 Å². The smallest absolute Gasteiger partial charge is 0.133 e. The van der Waals surface area contributed by atoms with Crippen molar-refractivity contribution >= 4 is 7.28 Å². The van der Waals surface area contributed by atoms with Gasteiger partial charge in [-0.15, -0.1) is 0 Å². The third-order valence-corrected chi connectivity index (χ3v) is 2.22. The van der Waals surface area contributed by atoms with Gasteiger partial charge in [0.1, 0.15) is 7.28 Å². The van der Waals surface area contributed by atoms with Crippen LogP contribution in [0.1, 0.15) is 20.8 Å². The quantitative estimate of drug-likeness (QED) is 0.446. The molecule has 2 heteroatoms. The summed E-state index contributed by atoms with van der Waals surface area (Å²) in [4.78, 5) is 0. The molecule has 0 bridgehead atoms. The molecule has 0 spiro atoms. The minimum atomic E-state index is 0.487. The predicted octanol–water partition coefficient (Wildman–Crippen LogP) is 1.46. The zero-order valence-corrected chi connectivity index (χ0v) is 6.55. The average Bonchev–Trinajstić information content (AvgIpc) is 1.80. The summed E-state index contributed by atoms with van der Waals surface area (Å²) < 4.78 is 5.50. The highest BCUT2D eigenvalue weighted by Gasteiger charge is 2.23. The molecule has 0 aromatic rings. The summed E-state index contributed by atoms with van der Waals surface area (Å²) in [6.07, 6.45) is 0.487. The second kappa shape index (κ2) is 2.74. The Hall–Kier alpha value is 0.0249. The molecule has 0 aromatic carbocycles. The average molecular weight is 126 g/mol. The maximum absolute atomic E-state index is 5.50. The van der Waals surface area contributed by atoms with Crippen LogP contribution in [-0.2, 0) is 4.74 Å². The van der Waals surface area contributed by atoms with Crippen molar-refractivity contribution in [2.24, 2.45) is 0 Å². The summed E-state index contributed by atoms with van der Waals surface area (Å²) in [5, 5.41) is 0. The van der Waals surface area contributed by atoms with E-state index >= 15 is 0 Å². The van der Waals surface area contributed by atoms with Gasteiger partial charge < -0.3 is 4.74 Å². The van der Waals surface area contributed by atoms with Gasteiger partial charge in [0.2, 0.25) is 0 Å². The Balaban J connectivity index is 2.35. The number of ether oxygens (including phenoxy) is 1. The molecular formula is C7H15BO. The molecule has 3 unspecified atom stereocenters. The normalized spacial score (nSPS) is 44.1. The van der Waals surface area contributed by atoms with Crippen LogP contribution in [0, 0.1) is 0 Å². The molecule has 1 nitrogen and oxygen atoms in total. The van der Waals surface area contributed by atoms with E-state index in [0.717, 1.165) is 18.2 Å². The van der Waals surface area contributed by atoms with E-state index in [-0.39, 0.29) is 0 Å². The summed E-state index contributed by atoms with van der Waals surface area (Å²) in [7, 11) is 1.33. The lowest BCUT2D eigenvalue weighted by atomic mass is 9.53. The van der Waals surface area contributed by atoms with Crippen LogP contribution in [0.25, 0.3) is 0 Å². The molecule has 1 fully saturated rings. The van der Waals surface area contributed by atoms with Crippen molar-refractivity contribution in [3.8, 4) is 0 Å². The molecule has 1 saturated heterocycles. The zero-order chi connectivity index (χ0) is 6.85. The van der Waals surface area contributed by atoms with Crippen LogP contribution in [0.4, 0.5) is 0 Å². The largest absolute Gasteiger partial charge is 0.379 e. The maximum Gasteiger partial charge on any atom is 0.133 e. The summed E-state index contributed by atoms with van der Waals surface area (Å²) >= 11 is 0. The molecular weight excluding hydrogens is 111 g/mol. The van der Waals surface area contributed by atoms with E-state index in [1.54, 1.807) is 0 Å². The Morgan fingerprint density at radius 1 is 1.33 bits per heavy atom. The molecule has 1 rings (SSSR count). The summed E-state index contributed by atoms with van der Waals surface area (Å²) in [6, 6.07) is 0. The molecule has 0 amide bonds. The van der Waals surface area contributed by atoms with Gasteiger partial charge in [0.25, 0.3) is 0 Å². The van der Waals surface area contributed by atoms with Crippen LogP contribution < -0.4 is 0 Å². The Kier molecular flexibility index (Phi) is 2.17. The first kappa shape index (κ1) is 7.14. The van der Waals surface area contributed by atoms with Gasteiger partial charge in [0.05, 0.1) is 6.10 Å². The van der Waals surface area contributed by atoms with Gasteiger partial charge in [-0.25, -0.2) is 0 Å². The molecule has 0 aliphatic carbocycles. The maximum atomic E-state index is 5.50. The van der Waals surface area contributed by atoms with Gasteiger partial charge >= 0.3 is 0 Å². The molecule has 1 aliphatic heterocycles. The molecule has 1 aliphatic rings. The SMILES string of the molecule is CC1BC(C)C(C)OC1. The molecule has 3 atom stereocenters. The Labute approximate surface area is 58.0 Å². The minimum absolute atomic E-state index is 0.487. The third-order valence-electron chi connectivity index (χ3n) is 2.22. The highest BCUT2D eigenvalue weighted by Crippen LogP contribution is 2.24. The van der Waals surface area contributed by atoms with Gasteiger partial charge in [-0.05, 0) is 18.6 Å². The summed E-state index contributed by atoms with van der Waals surface area (Å²) in [5.74, 6) is 1.53. The van der Waals surface area contributed by atoms with E-state index in [0.29, 0.717) is 6.10 Å². The Morgan fingerprint density at radius 2 is 2.00 bits per heavy atom. The summed E-state index contributed by atoms with van der Waals surface area (Å²) in [5.41, 5.74) is 0. The van der Waals surface area contributed by atoms with Crippen molar-refractivity contribution in [2.75, 3.05) is 6.61 Å². The van der Waals surface area contributed by atoms with E-state index in [1.807, 2.05) is 0 Å². The van der Waals surface area contributed by atoms with E-state index in [9.17, 15) is 0 Å². The van der Waals surface area contributed by atoms with Crippen LogP contribution in [-0.4, -0.2) is 20.0 Å². The predicted molar refractivity (Wildman–Crippen MR) is 41.4 cm³/mol. The van der Waals surface area contributed by atoms with E-state index in [4.69, 9.17) is 4.74 Å². The molecule has 0 N–H and O–H groups in total. The monoisotopic (exact) mass is 126 g/mol. The number of hydrogen-bond donors (Lipinski definition) is 0. The Bertz CT molecular complexity index is 94.9. The van der Waals surface area contributed by atoms with Crippen LogP contribution in [0.3, 0.4) is 0 Å². The standard InChI is InChI=1S/C7H15BO/c1-5-4-9-7(3)6(2)8-5/h5-8H,4H2,1-3H3. The van der Waals surface area contributed by atoms with Gasteiger partial charge in [-0.1, -0.05) is 13.8 Å². The second-order valence-electron chi connectivity index (χ2n) is 3.36. The third kappa shape index (κ3) is 1.72. The molecule has 1 heterocycles. The lowest BCUT2D eigenvalue weighted by molar-refractivity contribution is 0.0516. The molecule has 0 radical (unpaired) electrons. The molecule has 52 valence electrons. The van der Waals surface area contributed by atoms with Gasteiger partial charge in [-0.2, -0.15) is 0 Å². The topological polar surface area (TPSA) is 9.23 Å². The van der Waals surface area contributed by atoms with E-state index < -0.39 is 0 Å². The van der Waals surface area contributed by atoms with Crippen molar-refractivity contribution in [1.82, 2.24) is 0 Å². The lowest BCUT2D eigenvalue weighted by Gasteiger charge is -2.29. The highest BCUT2D eigenvalue weighted by molar-refractivity contribution is 6.40. The van der Waals surface area contributed by atoms with Crippen LogP contribution in [0.5, 0.6) is 0 Å². The fourth-order valence-electron chi connectivity index (χ4n) is 1.37. The van der Waals surface area contributed by atoms with Crippen molar-refractivity contribution < 1.29 is 4.74 Å². The first-order chi connectivity index (χ1) is 4.20. The molecule has 0 aromatic heterocycles. The lowest BCUT2D eigenvalue weighted by Crippen LogP contribution is -2.29. The first-order valence-electron chi connectivity index (χ1n) is 3.81. The van der Waals surface area contributed by atoms with Gasteiger partial charge in [0.15, 0.2) is 0 Å². The van der Waals surface area contributed by atoms with E-state index in [1.165, 1.54) is 7.28 Å². The van der Waals surface area contributed by atoms with Crippen molar-refractivity contribution in [3.05, 3.63) is 0 Å². The highest BCUT2D eigenvalue weighted by atomic mass is 16.5. The van der Waals surface area contributed by atoms with Crippen molar-refractivity contribution in [1.29, 1.82) is 0 Å². The van der Waals surface area contributed by atoms with Crippen molar-refractivity contribution in [3.63, 3.8) is 0 Å². The second-order valence-corrected chi connectivity index (χ2v) is 3.36. The first-order valence-corrected chi connectivity index (χ1v) is 3.81. The van der Waals surface area contributed by atoms with Crippen molar-refractivity contribution in [2.45, 2.75) is 38.5 Å². The van der Waals surface area contributed by atoms with Crippen LogP contribution in [0.15, 0.2) is 0 Å². The van der Waals surface area contributed by atoms with Gasteiger partial charge in [0, 0.05) is 6.61 Å². The molecule has 0 saturated carbocycles. The fraction of sp³-hybridized carbons (Fsp3) is 1.00. The van der Waals surface area contributed by atoms with Crippen LogP contribution >= 0.6 is 0 Å². The fourth-order valence-corrected chi connectivity index (χ4v) is 1.37. The van der Waals surface area contributed by atoms with Crippen LogP contribution in [0.2, 0.25) is 11.6 Å². The minimum Gasteiger partial charge on any atom is -0.379 e. The Morgan fingerprint density at radius 3 is 2.44 bits per heavy atom. The zero-order valence-electron chi connectivity index (χ0n) is 6.55. The molecule has 9 heavy (non-hydrogen) atoms. The number of hydrogen-bond acceptors (Lipinski definition) is 1. The number of rotatable bonds is 0.